The Labute approximate surface area is 193 Å². The summed E-state index contributed by atoms with van der Waals surface area (Å²) in [6, 6.07) is 20.7. The van der Waals surface area contributed by atoms with Crippen molar-refractivity contribution in [3.05, 3.63) is 72.1 Å². The molecule has 0 saturated carbocycles. The summed E-state index contributed by atoms with van der Waals surface area (Å²) in [5.74, 6) is 1.57. The van der Waals surface area contributed by atoms with Gasteiger partial charge in [0, 0.05) is 36.1 Å². The highest BCUT2D eigenvalue weighted by atomic mass is 16.6. The van der Waals surface area contributed by atoms with E-state index in [1.165, 1.54) is 0 Å². The van der Waals surface area contributed by atoms with Crippen molar-refractivity contribution in [2.24, 2.45) is 0 Å². The molecule has 0 aliphatic carbocycles. The zero-order chi connectivity index (χ0) is 22.2. The van der Waals surface area contributed by atoms with Crippen molar-refractivity contribution >= 4 is 21.8 Å². The van der Waals surface area contributed by atoms with Gasteiger partial charge in [0.2, 0.25) is 0 Å². The molecule has 0 bridgehead atoms. The summed E-state index contributed by atoms with van der Waals surface area (Å²) in [4.78, 5) is 12.3. The molecule has 0 amide bonds. The Morgan fingerprint density at radius 1 is 0.939 bits per heavy atom. The van der Waals surface area contributed by atoms with Crippen molar-refractivity contribution in [2.75, 3.05) is 32.8 Å². The van der Waals surface area contributed by atoms with Gasteiger partial charge in [0.15, 0.2) is 17.6 Å². The molecule has 4 aromatic rings. The van der Waals surface area contributed by atoms with E-state index in [4.69, 9.17) is 14.5 Å². The fourth-order valence-corrected chi connectivity index (χ4v) is 5.01. The Kier molecular flexibility index (Phi) is 5.32. The lowest BCUT2D eigenvalue weighted by Gasteiger charge is -2.38. The van der Waals surface area contributed by atoms with Crippen molar-refractivity contribution in [1.82, 2.24) is 20.2 Å². The third-order valence-electron chi connectivity index (χ3n) is 6.64. The number of nitrogens with one attached hydrogen (secondary N) is 1. The van der Waals surface area contributed by atoms with E-state index in [1.54, 1.807) is 0 Å². The summed E-state index contributed by atoms with van der Waals surface area (Å²) < 4.78 is 13.0. The maximum Gasteiger partial charge on any atom is 0.171 e. The number of hydrogen-bond donors (Lipinski definition) is 1. The molecule has 6 heteroatoms. The molecule has 0 radical (unpaired) electrons. The molecule has 4 heterocycles. The van der Waals surface area contributed by atoms with E-state index in [2.05, 4.69) is 51.6 Å². The predicted molar refractivity (Wildman–Crippen MR) is 130 cm³/mol. The van der Waals surface area contributed by atoms with E-state index < -0.39 is 0 Å². The highest BCUT2D eigenvalue weighted by molar-refractivity contribution is 5.88. The molecule has 2 aromatic carbocycles. The average Bonchev–Trinajstić information content (AvgIpc) is 3.13. The van der Waals surface area contributed by atoms with Crippen LogP contribution < -0.4 is 14.8 Å². The number of aryl methyl sites for hydroxylation is 1. The second-order valence-corrected chi connectivity index (χ2v) is 8.89. The molecule has 2 aliphatic heterocycles. The molecule has 0 spiro atoms. The third-order valence-corrected chi connectivity index (χ3v) is 6.64. The number of ether oxygens (including phenoxy) is 2. The number of hydrogen-bond acceptors (Lipinski definition) is 6. The molecule has 1 fully saturated rings. The summed E-state index contributed by atoms with van der Waals surface area (Å²) in [6.45, 7) is 6.43. The van der Waals surface area contributed by atoms with E-state index in [-0.39, 0.29) is 12.1 Å². The maximum absolute atomic E-state index is 6.74. The molecule has 1 N–H and O–H groups in total. The summed E-state index contributed by atoms with van der Waals surface area (Å²) in [7, 11) is 0. The highest BCUT2D eigenvalue weighted by Gasteiger charge is 2.36. The van der Waals surface area contributed by atoms with Crippen molar-refractivity contribution < 1.29 is 9.47 Å². The quantitative estimate of drug-likeness (QED) is 0.514. The maximum atomic E-state index is 6.74. The number of rotatable bonds is 3. The van der Waals surface area contributed by atoms with Gasteiger partial charge in [-0.2, -0.15) is 0 Å². The smallest absolute Gasteiger partial charge is 0.171 e. The minimum Gasteiger partial charge on any atom is -0.486 e. The van der Waals surface area contributed by atoms with Crippen LogP contribution in [0.2, 0.25) is 0 Å². The first-order valence-electron chi connectivity index (χ1n) is 11.8. The molecule has 33 heavy (non-hydrogen) atoms. The SMILES string of the molecule is Cc1ccc2c3c(ccc2n1)OCC(C(c1ccc2ccccc2n1)N1CCCNCC1)O3. The summed E-state index contributed by atoms with van der Waals surface area (Å²) in [5.41, 5.74) is 3.96. The second kappa shape index (κ2) is 8.61. The zero-order valence-electron chi connectivity index (χ0n) is 18.8. The summed E-state index contributed by atoms with van der Waals surface area (Å²) in [6.07, 6.45) is 0.927. The molecule has 2 unspecified atom stereocenters. The number of nitrogens with zero attached hydrogens (tertiary/aromatic N) is 3. The first kappa shape index (κ1) is 20.4. The Balaban J connectivity index is 1.42. The van der Waals surface area contributed by atoms with Crippen LogP contribution in [0.15, 0.2) is 60.7 Å². The van der Waals surface area contributed by atoms with Gasteiger partial charge >= 0.3 is 0 Å². The van der Waals surface area contributed by atoms with Crippen LogP contribution in [0.5, 0.6) is 11.5 Å². The van der Waals surface area contributed by atoms with E-state index in [9.17, 15) is 0 Å². The van der Waals surface area contributed by atoms with Crippen LogP contribution in [0.3, 0.4) is 0 Å². The van der Waals surface area contributed by atoms with Gasteiger partial charge in [0.25, 0.3) is 0 Å². The topological polar surface area (TPSA) is 59.5 Å². The van der Waals surface area contributed by atoms with Crippen molar-refractivity contribution in [3.8, 4) is 11.5 Å². The fraction of sp³-hybridized carbons (Fsp3) is 0.333. The standard InChI is InChI=1S/C27H28N4O2/c1-18-7-9-20-22(29-18)11-12-24-27(20)33-25(17-32-24)26(31-15-4-13-28-14-16-31)23-10-8-19-5-2-3-6-21(19)30-23/h2-3,5-12,25-26,28H,4,13-17H2,1H3. The largest absolute Gasteiger partial charge is 0.486 e. The minimum absolute atomic E-state index is 0.00341. The van der Waals surface area contributed by atoms with Gasteiger partial charge in [-0.15, -0.1) is 0 Å². The van der Waals surface area contributed by atoms with Crippen LogP contribution in [-0.4, -0.2) is 53.8 Å². The van der Waals surface area contributed by atoms with Crippen LogP contribution in [0.1, 0.15) is 23.9 Å². The van der Waals surface area contributed by atoms with Crippen LogP contribution >= 0.6 is 0 Å². The first-order valence-corrected chi connectivity index (χ1v) is 11.8. The lowest BCUT2D eigenvalue weighted by atomic mass is 10.0. The van der Waals surface area contributed by atoms with Crippen molar-refractivity contribution in [1.29, 1.82) is 0 Å². The summed E-state index contributed by atoms with van der Waals surface area (Å²) in [5, 5.41) is 5.66. The molecule has 2 aromatic heterocycles. The monoisotopic (exact) mass is 440 g/mol. The van der Waals surface area contributed by atoms with Gasteiger partial charge in [0.1, 0.15) is 6.61 Å². The molecular weight excluding hydrogens is 412 g/mol. The number of benzene rings is 2. The Morgan fingerprint density at radius 2 is 1.88 bits per heavy atom. The van der Waals surface area contributed by atoms with Crippen LogP contribution in [0, 0.1) is 6.92 Å². The normalized spacial score (nSPS) is 20.0. The Bertz CT molecular complexity index is 1300. The molecule has 6 rings (SSSR count). The number of aromatic nitrogens is 2. The van der Waals surface area contributed by atoms with Crippen LogP contribution in [-0.2, 0) is 0 Å². The van der Waals surface area contributed by atoms with Crippen molar-refractivity contribution in [2.45, 2.75) is 25.5 Å². The highest BCUT2D eigenvalue weighted by Crippen LogP contribution is 2.41. The lowest BCUT2D eigenvalue weighted by molar-refractivity contribution is 0.0141. The van der Waals surface area contributed by atoms with E-state index in [0.717, 1.165) is 77.3 Å². The average molecular weight is 441 g/mol. The Hall–Kier alpha value is -3.22. The lowest BCUT2D eigenvalue weighted by Crippen LogP contribution is -2.45. The molecule has 6 nitrogen and oxygen atoms in total. The minimum atomic E-state index is -0.170. The predicted octanol–water partition coefficient (Wildman–Crippen LogP) is 4.27. The van der Waals surface area contributed by atoms with Gasteiger partial charge < -0.3 is 14.8 Å². The van der Waals surface area contributed by atoms with Gasteiger partial charge in [-0.1, -0.05) is 24.3 Å². The fourth-order valence-electron chi connectivity index (χ4n) is 5.01. The van der Waals surface area contributed by atoms with E-state index >= 15 is 0 Å². The van der Waals surface area contributed by atoms with Gasteiger partial charge in [-0.25, -0.2) is 0 Å². The van der Waals surface area contributed by atoms with Crippen molar-refractivity contribution in [3.63, 3.8) is 0 Å². The number of para-hydroxylation sites is 1. The molecule has 2 aliphatic rings. The van der Waals surface area contributed by atoms with Crippen LogP contribution in [0.4, 0.5) is 0 Å². The molecule has 168 valence electrons. The second-order valence-electron chi connectivity index (χ2n) is 8.89. The first-order chi connectivity index (χ1) is 16.3. The number of fused-ring (bicyclic) bond motifs is 4. The summed E-state index contributed by atoms with van der Waals surface area (Å²) >= 11 is 0. The van der Waals surface area contributed by atoms with Gasteiger partial charge in [-0.05, 0) is 56.3 Å². The van der Waals surface area contributed by atoms with Gasteiger partial charge in [0.05, 0.1) is 22.8 Å². The number of pyridine rings is 2. The van der Waals surface area contributed by atoms with Crippen LogP contribution in [0.25, 0.3) is 21.8 Å². The van der Waals surface area contributed by atoms with E-state index in [0.29, 0.717) is 6.61 Å². The van der Waals surface area contributed by atoms with Gasteiger partial charge in [-0.3, -0.25) is 14.9 Å². The molecule has 2 atom stereocenters. The molecular formula is C27H28N4O2. The van der Waals surface area contributed by atoms with E-state index in [1.807, 2.05) is 31.2 Å². The third kappa shape index (κ3) is 3.90. The zero-order valence-corrected chi connectivity index (χ0v) is 18.8. The molecule has 1 saturated heterocycles. The Morgan fingerprint density at radius 3 is 2.85 bits per heavy atom.